The van der Waals surface area contributed by atoms with Crippen LogP contribution in [0.25, 0.3) is 0 Å². The van der Waals surface area contributed by atoms with E-state index in [1.54, 1.807) is 0 Å². The van der Waals surface area contributed by atoms with Crippen LogP contribution in [-0.2, 0) is 6.42 Å². The summed E-state index contributed by atoms with van der Waals surface area (Å²) in [6.45, 7) is 4.22. The van der Waals surface area contributed by atoms with Gasteiger partial charge >= 0.3 is 18.9 Å². The molecule has 0 saturated heterocycles. The zero-order valence-electron chi connectivity index (χ0n) is 11.1. The van der Waals surface area contributed by atoms with Crippen LogP contribution in [0.4, 0.5) is 0 Å². The van der Waals surface area contributed by atoms with Gasteiger partial charge in [-0.3, -0.25) is 0 Å². The summed E-state index contributed by atoms with van der Waals surface area (Å²) < 4.78 is 0. The van der Waals surface area contributed by atoms with Gasteiger partial charge in [0.25, 0.3) is 0 Å². The van der Waals surface area contributed by atoms with Crippen LogP contribution in [0.15, 0.2) is 42.5 Å². The van der Waals surface area contributed by atoms with Gasteiger partial charge in [-0.05, 0) is 26.0 Å². The number of likely N-dealkylation sites (N-methyl/N-ethyl adjacent to an activating group) is 1. The zero-order chi connectivity index (χ0) is 10.2. The predicted molar refractivity (Wildman–Crippen MR) is 63.6 cm³/mol. The minimum Gasteiger partial charge on any atom is -1.00 e. The van der Waals surface area contributed by atoms with Gasteiger partial charge in [0.05, 0.1) is 0 Å². The first kappa shape index (κ1) is 14.5. The average Bonchev–Trinajstić information content (AvgIpc) is 2.25. The van der Waals surface area contributed by atoms with Gasteiger partial charge in [-0.1, -0.05) is 42.5 Å². The Hall–Kier alpha value is -0.483. The van der Waals surface area contributed by atoms with E-state index in [9.17, 15) is 0 Å². The Kier molecular flexibility index (Phi) is 8.51. The normalized spacial score (nSPS) is 10.6. The molecule has 0 atom stereocenters. The fourth-order valence-electron chi connectivity index (χ4n) is 1.34. The third kappa shape index (κ3) is 6.57. The van der Waals surface area contributed by atoms with Crippen molar-refractivity contribution in [3.05, 3.63) is 48.0 Å². The quantitative estimate of drug-likeness (QED) is 0.469. The molecule has 0 fully saturated rings. The molecule has 0 N–H and O–H groups in total. The van der Waals surface area contributed by atoms with Gasteiger partial charge in [0.2, 0.25) is 0 Å². The van der Waals surface area contributed by atoms with Crippen LogP contribution < -0.4 is 18.9 Å². The summed E-state index contributed by atoms with van der Waals surface area (Å²) in [6.07, 6.45) is 5.42. The van der Waals surface area contributed by atoms with Crippen LogP contribution in [-0.4, -0.2) is 25.0 Å². The third-order valence-corrected chi connectivity index (χ3v) is 2.28. The minimum absolute atomic E-state index is 0. The summed E-state index contributed by atoms with van der Waals surface area (Å²) in [6, 6.07) is 10.6. The van der Waals surface area contributed by atoms with Crippen LogP contribution in [0.1, 0.15) is 13.9 Å². The molecular formula is C13H20LiN. The Morgan fingerprint density at radius 3 is 2.53 bits per heavy atom. The second kappa shape index (κ2) is 8.80. The van der Waals surface area contributed by atoms with Crippen LogP contribution in [0.5, 0.6) is 0 Å². The van der Waals surface area contributed by atoms with E-state index in [2.05, 4.69) is 61.4 Å². The van der Waals surface area contributed by atoms with Gasteiger partial charge in [-0.2, -0.15) is 0 Å². The van der Waals surface area contributed by atoms with Gasteiger partial charge in [-0.25, -0.2) is 0 Å². The van der Waals surface area contributed by atoms with Crippen molar-refractivity contribution in [1.82, 2.24) is 4.90 Å². The Bertz CT molecular complexity index is 275. The molecule has 0 amide bonds. The van der Waals surface area contributed by atoms with Crippen molar-refractivity contribution >= 4 is 0 Å². The summed E-state index contributed by atoms with van der Waals surface area (Å²) in [5.41, 5.74) is 1.42. The number of benzene rings is 1. The summed E-state index contributed by atoms with van der Waals surface area (Å²) in [5.74, 6) is 0. The summed E-state index contributed by atoms with van der Waals surface area (Å²) in [4.78, 5) is 2.33. The first-order valence-corrected chi connectivity index (χ1v) is 5.16. The average molecular weight is 197 g/mol. The molecule has 0 spiro atoms. The van der Waals surface area contributed by atoms with Gasteiger partial charge in [0.1, 0.15) is 0 Å². The minimum atomic E-state index is 0. The molecule has 2 heteroatoms. The third-order valence-electron chi connectivity index (χ3n) is 2.28. The molecule has 0 aromatic heterocycles. The SMILES string of the molecule is CC=CCN(C)CCc1ccccc1.[H-].[Li+]. The van der Waals surface area contributed by atoms with Crippen LogP contribution in [0, 0.1) is 0 Å². The molecule has 78 valence electrons. The van der Waals surface area contributed by atoms with Crippen molar-refractivity contribution in [2.45, 2.75) is 13.3 Å². The molecule has 0 unspecified atom stereocenters. The molecule has 15 heavy (non-hydrogen) atoms. The number of nitrogens with zero attached hydrogens (tertiary/aromatic N) is 1. The van der Waals surface area contributed by atoms with Crippen molar-refractivity contribution in [1.29, 1.82) is 0 Å². The molecule has 0 bridgehead atoms. The fraction of sp³-hybridized carbons (Fsp3) is 0.385. The number of allylic oxidation sites excluding steroid dienone is 1. The summed E-state index contributed by atoms with van der Waals surface area (Å²) in [5, 5.41) is 0. The van der Waals surface area contributed by atoms with Crippen molar-refractivity contribution in [2.24, 2.45) is 0 Å². The summed E-state index contributed by atoms with van der Waals surface area (Å²) >= 11 is 0. The molecule has 0 radical (unpaired) electrons. The summed E-state index contributed by atoms with van der Waals surface area (Å²) in [7, 11) is 2.16. The van der Waals surface area contributed by atoms with Crippen LogP contribution in [0.2, 0.25) is 0 Å². The van der Waals surface area contributed by atoms with Crippen molar-refractivity contribution in [2.75, 3.05) is 20.1 Å². The largest absolute Gasteiger partial charge is 1.00 e. The molecule has 0 aliphatic heterocycles. The molecule has 0 heterocycles. The Labute approximate surface area is 107 Å². The first-order chi connectivity index (χ1) is 6.83. The van der Waals surface area contributed by atoms with Crippen molar-refractivity contribution in [3.8, 4) is 0 Å². The predicted octanol–water partition coefficient (Wildman–Crippen LogP) is -0.146. The molecule has 1 aromatic rings. The van der Waals surface area contributed by atoms with E-state index < -0.39 is 0 Å². The fourth-order valence-corrected chi connectivity index (χ4v) is 1.34. The van der Waals surface area contributed by atoms with E-state index in [0.717, 1.165) is 19.5 Å². The number of hydrogen-bond acceptors (Lipinski definition) is 1. The first-order valence-electron chi connectivity index (χ1n) is 5.16. The number of hydrogen-bond donors (Lipinski definition) is 0. The van der Waals surface area contributed by atoms with Gasteiger partial charge in [-0.15, -0.1) is 0 Å². The molecular weight excluding hydrogens is 177 g/mol. The Morgan fingerprint density at radius 2 is 1.93 bits per heavy atom. The van der Waals surface area contributed by atoms with E-state index in [4.69, 9.17) is 0 Å². The molecule has 1 rings (SSSR count). The van der Waals surface area contributed by atoms with E-state index in [0.29, 0.717) is 0 Å². The maximum Gasteiger partial charge on any atom is 1.00 e. The van der Waals surface area contributed by atoms with Crippen molar-refractivity contribution < 1.29 is 20.3 Å². The van der Waals surface area contributed by atoms with Crippen molar-refractivity contribution in [3.63, 3.8) is 0 Å². The maximum absolute atomic E-state index is 2.33. The van der Waals surface area contributed by atoms with Crippen LogP contribution in [0.3, 0.4) is 0 Å². The Balaban J connectivity index is 0. The zero-order valence-corrected chi connectivity index (χ0v) is 10.1. The number of rotatable bonds is 5. The van der Waals surface area contributed by atoms with E-state index in [-0.39, 0.29) is 20.3 Å². The molecule has 0 aliphatic rings. The Morgan fingerprint density at radius 1 is 1.27 bits per heavy atom. The molecule has 1 aromatic carbocycles. The molecule has 0 saturated carbocycles. The second-order valence-corrected chi connectivity index (χ2v) is 3.57. The topological polar surface area (TPSA) is 3.24 Å². The van der Waals surface area contributed by atoms with Gasteiger partial charge < -0.3 is 6.33 Å². The maximum atomic E-state index is 2.33. The van der Waals surface area contributed by atoms with E-state index >= 15 is 0 Å². The standard InChI is InChI=1S/C13H19N.Li.H/c1-3-4-11-14(2)12-10-13-8-6-5-7-9-13;;/h3-9H,10-12H2,1-2H3;;/q;+1;-1. The van der Waals surface area contributed by atoms with Gasteiger partial charge in [0, 0.05) is 13.1 Å². The van der Waals surface area contributed by atoms with E-state index in [1.807, 2.05) is 0 Å². The monoisotopic (exact) mass is 197 g/mol. The van der Waals surface area contributed by atoms with Crippen LogP contribution >= 0.6 is 0 Å². The van der Waals surface area contributed by atoms with Gasteiger partial charge in [0.15, 0.2) is 0 Å². The second-order valence-electron chi connectivity index (χ2n) is 3.57. The van der Waals surface area contributed by atoms with E-state index in [1.165, 1.54) is 5.56 Å². The molecule has 1 nitrogen and oxygen atoms in total. The molecule has 0 aliphatic carbocycles. The smallest absolute Gasteiger partial charge is 1.00 e.